The molecule has 1 N–H and O–H groups in total. The highest BCUT2D eigenvalue weighted by molar-refractivity contribution is 5.83. The first-order chi connectivity index (χ1) is 7.15. The fourth-order valence-electron chi connectivity index (χ4n) is 2.35. The molecule has 1 aliphatic heterocycles. The van der Waals surface area contributed by atoms with Gasteiger partial charge in [0.2, 0.25) is 5.91 Å². The maximum Gasteiger partial charge on any atom is 0.229 e. The molecule has 0 aromatic heterocycles. The van der Waals surface area contributed by atoms with Gasteiger partial charge >= 0.3 is 0 Å². The van der Waals surface area contributed by atoms with E-state index in [0.717, 1.165) is 38.5 Å². The maximum atomic E-state index is 12.3. The summed E-state index contributed by atoms with van der Waals surface area (Å²) >= 11 is 0. The Morgan fingerprint density at radius 1 is 1.53 bits per heavy atom. The van der Waals surface area contributed by atoms with Crippen LogP contribution in [0.1, 0.15) is 33.1 Å². The molecule has 3 nitrogen and oxygen atoms in total. The summed E-state index contributed by atoms with van der Waals surface area (Å²) in [6.45, 7) is 7.89. The second-order valence-electron chi connectivity index (χ2n) is 5.27. The minimum absolute atomic E-state index is 0.134. The van der Waals surface area contributed by atoms with Crippen molar-refractivity contribution in [3.05, 3.63) is 0 Å². The molecule has 0 spiro atoms. The fraction of sp³-hybridized carbons (Fsp3) is 0.917. The molecular weight excluding hydrogens is 188 g/mol. The van der Waals surface area contributed by atoms with Gasteiger partial charge in [0.15, 0.2) is 0 Å². The van der Waals surface area contributed by atoms with Crippen LogP contribution in [-0.2, 0) is 4.79 Å². The molecule has 0 bridgehead atoms. The molecule has 0 aromatic carbocycles. The van der Waals surface area contributed by atoms with E-state index >= 15 is 0 Å². The molecule has 2 aliphatic rings. The predicted octanol–water partition coefficient (Wildman–Crippen LogP) is 1.24. The molecule has 1 saturated heterocycles. The molecule has 1 heterocycles. The fourth-order valence-corrected chi connectivity index (χ4v) is 2.35. The van der Waals surface area contributed by atoms with Crippen LogP contribution >= 0.6 is 0 Å². The summed E-state index contributed by atoms with van der Waals surface area (Å²) in [5.74, 6) is 1.16. The Bertz CT molecular complexity index is 242. The van der Waals surface area contributed by atoms with E-state index in [9.17, 15) is 4.79 Å². The summed E-state index contributed by atoms with van der Waals surface area (Å²) in [5, 5.41) is 3.29. The summed E-state index contributed by atoms with van der Waals surface area (Å²) in [4.78, 5) is 14.4. The monoisotopic (exact) mass is 210 g/mol. The van der Waals surface area contributed by atoms with Crippen LogP contribution in [0.25, 0.3) is 0 Å². The van der Waals surface area contributed by atoms with E-state index in [2.05, 4.69) is 24.1 Å². The molecule has 1 saturated carbocycles. The predicted molar refractivity (Wildman–Crippen MR) is 60.6 cm³/mol. The molecule has 2 fully saturated rings. The van der Waals surface area contributed by atoms with Gasteiger partial charge in [0, 0.05) is 19.6 Å². The molecule has 1 amide bonds. The lowest BCUT2D eigenvalue weighted by molar-refractivity contribution is -0.140. The smallest absolute Gasteiger partial charge is 0.229 e. The van der Waals surface area contributed by atoms with Crippen molar-refractivity contribution < 1.29 is 4.79 Å². The molecule has 0 aromatic rings. The van der Waals surface area contributed by atoms with E-state index in [-0.39, 0.29) is 5.41 Å². The average Bonchev–Trinajstić information content (AvgIpc) is 2.95. The van der Waals surface area contributed by atoms with Crippen LogP contribution < -0.4 is 5.32 Å². The van der Waals surface area contributed by atoms with Gasteiger partial charge in [-0.05, 0) is 45.6 Å². The van der Waals surface area contributed by atoms with E-state index < -0.39 is 0 Å². The Morgan fingerprint density at radius 2 is 2.27 bits per heavy atom. The van der Waals surface area contributed by atoms with Crippen molar-refractivity contribution in [1.29, 1.82) is 0 Å². The number of hydrogen-bond donors (Lipinski definition) is 1. The van der Waals surface area contributed by atoms with Crippen molar-refractivity contribution in [2.75, 3.05) is 26.2 Å². The Labute approximate surface area is 92.2 Å². The van der Waals surface area contributed by atoms with Crippen molar-refractivity contribution >= 4 is 5.91 Å². The molecule has 2 rings (SSSR count). The molecule has 15 heavy (non-hydrogen) atoms. The van der Waals surface area contributed by atoms with Gasteiger partial charge in [-0.25, -0.2) is 0 Å². The summed E-state index contributed by atoms with van der Waals surface area (Å²) in [6.07, 6.45) is 3.63. The van der Waals surface area contributed by atoms with Crippen molar-refractivity contribution in [2.24, 2.45) is 11.3 Å². The Balaban J connectivity index is 1.96. The number of nitrogens with zero attached hydrogens (tertiary/aromatic N) is 1. The molecule has 86 valence electrons. The summed E-state index contributed by atoms with van der Waals surface area (Å²) < 4.78 is 0. The summed E-state index contributed by atoms with van der Waals surface area (Å²) in [7, 11) is 0. The highest BCUT2D eigenvalue weighted by Gasteiger charge is 2.39. The molecule has 1 unspecified atom stereocenters. The van der Waals surface area contributed by atoms with Gasteiger partial charge < -0.3 is 10.2 Å². The summed E-state index contributed by atoms with van der Waals surface area (Å²) in [6, 6.07) is 0. The first-order valence-electron chi connectivity index (χ1n) is 6.16. The quantitative estimate of drug-likeness (QED) is 0.757. The van der Waals surface area contributed by atoms with Gasteiger partial charge in [-0.1, -0.05) is 0 Å². The molecule has 1 atom stereocenters. The molecule has 3 heteroatoms. The van der Waals surface area contributed by atoms with Gasteiger partial charge in [0.25, 0.3) is 0 Å². The van der Waals surface area contributed by atoms with Gasteiger partial charge in [-0.15, -0.1) is 0 Å². The number of carbonyl (C=O) groups is 1. The average molecular weight is 210 g/mol. The Morgan fingerprint density at radius 3 is 2.73 bits per heavy atom. The van der Waals surface area contributed by atoms with E-state index in [1.54, 1.807) is 0 Å². The SMILES string of the molecule is CCN(CC1CC1)C(=O)C1(C)CCNC1. The first-order valence-corrected chi connectivity index (χ1v) is 6.16. The number of hydrogen-bond acceptors (Lipinski definition) is 2. The van der Waals surface area contributed by atoms with Crippen LogP contribution in [0.3, 0.4) is 0 Å². The standard InChI is InChI=1S/C12H22N2O/c1-3-14(8-10-4-5-10)11(15)12(2)6-7-13-9-12/h10,13H,3-9H2,1-2H3. The van der Waals surface area contributed by atoms with Gasteiger partial charge in [0.1, 0.15) is 0 Å². The highest BCUT2D eigenvalue weighted by Crippen LogP contribution is 2.32. The van der Waals surface area contributed by atoms with Gasteiger partial charge in [-0.2, -0.15) is 0 Å². The highest BCUT2D eigenvalue weighted by atomic mass is 16.2. The lowest BCUT2D eigenvalue weighted by Crippen LogP contribution is -2.44. The number of carbonyl (C=O) groups excluding carboxylic acids is 1. The van der Waals surface area contributed by atoms with Crippen LogP contribution in [0.4, 0.5) is 0 Å². The van der Waals surface area contributed by atoms with Crippen molar-refractivity contribution in [2.45, 2.75) is 33.1 Å². The normalized spacial score (nSPS) is 30.5. The van der Waals surface area contributed by atoms with E-state index in [0.29, 0.717) is 5.91 Å². The lowest BCUT2D eigenvalue weighted by Gasteiger charge is -2.30. The maximum absolute atomic E-state index is 12.3. The number of nitrogens with one attached hydrogen (secondary N) is 1. The second kappa shape index (κ2) is 4.12. The number of rotatable bonds is 4. The van der Waals surface area contributed by atoms with Crippen molar-refractivity contribution in [3.8, 4) is 0 Å². The second-order valence-corrected chi connectivity index (χ2v) is 5.27. The van der Waals surface area contributed by atoms with Crippen molar-refractivity contribution in [1.82, 2.24) is 10.2 Å². The Hall–Kier alpha value is -0.570. The Kier molecular flexibility index (Phi) is 3.01. The third-order valence-electron chi connectivity index (χ3n) is 3.73. The zero-order valence-corrected chi connectivity index (χ0v) is 9.88. The molecule has 0 radical (unpaired) electrons. The van der Waals surface area contributed by atoms with Gasteiger partial charge in [0.05, 0.1) is 5.41 Å². The van der Waals surface area contributed by atoms with E-state index in [1.807, 2.05) is 0 Å². The topological polar surface area (TPSA) is 32.3 Å². The minimum Gasteiger partial charge on any atom is -0.342 e. The third-order valence-corrected chi connectivity index (χ3v) is 3.73. The van der Waals surface area contributed by atoms with Crippen LogP contribution in [-0.4, -0.2) is 37.0 Å². The molecule has 1 aliphatic carbocycles. The van der Waals surface area contributed by atoms with Gasteiger partial charge in [-0.3, -0.25) is 4.79 Å². The van der Waals surface area contributed by atoms with Crippen LogP contribution in [0.2, 0.25) is 0 Å². The third kappa shape index (κ3) is 2.33. The largest absolute Gasteiger partial charge is 0.342 e. The van der Waals surface area contributed by atoms with Crippen LogP contribution in [0, 0.1) is 11.3 Å². The zero-order chi connectivity index (χ0) is 10.9. The van der Waals surface area contributed by atoms with Crippen LogP contribution in [0.5, 0.6) is 0 Å². The van der Waals surface area contributed by atoms with E-state index in [4.69, 9.17) is 0 Å². The van der Waals surface area contributed by atoms with E-state index in [1.165, 1.54) is 12.8 Å². The minimum atomic E-state index is -0.134. The summed E-state index contributed by atoms with van der Waals surface area (Å²) in [5.41, 5.74) is -0.134. The first kappa shape index (κ1) is 10.9. The number of amides is 1. The van der Waals surface area contributed by atoms with Crippen LogP contribution in [0.15, 0.2) is 0 Å². The zero-order valence-electron chi connectivity index (χ0n) is 9.88. The lowest BCUT2D eigenvalue weighted by atomic mass is 9.88. The van der Waals surface area contributed by atoms with Crippen molar-refractivity contribution in [3.63, 3.8) is 0 Å². The molecular formula is C12H22N2O.